The molecule has 0 bridgehead atoms. The number of rotatable bonds is 6. The first-order valence-corrected chi connectivity index (χ1v) is 8.58. The summed E-state index contributed by atoms with van der Waals surface area (Å²) >= 11 is 6.53. The molecule has 0 heterocycles. The molecule has 0 aliphatic carbocycles. The van der Waals surface area contributed by atoms with Crippen molar-refractivity contribution in [1.82, 2.24) is 10.6 Å². The van der Waals surface area contributed by atoms with Crippen LogP contribution in [0.25, 0.3) is 0 Å². The van der Waals surface area contributed by atoms with Gasteiger partial charge in [0.05, 0.1) is 19.7 Å². The molecule has 0 saturated heterocycles. The highest BCUT2D eigenvalue weighted by molar-refractivity contribution is 9.10. The predicted octanol–water partition coefficient (Wildman–Crippen LogP) is 2.69. The summed E-state index contributed by atoms with van der Waals surface area (Å²) in [7, 11) is 0. The first kappa shape index (κ1) is 21.6. The van der Waals surface area contributed by atoms with E-state index in [1.54, 1.807) is 55.4 Å². The van der Waals surface area contributed by atoms with Gasteiger partial charge in [-0.1, -0.05) is 31.9 Å². The van der Waals surface area contributed by atoms with Gasteiger partial charge in [0.1, 0.15) is 0 Å². The Morgan fingerprint density at radius 2 is 0.864 bits per heavy atom. The number of alkyl halides is 2. The van der Waals surface area contributed by atoms with E-state index < -0.39 is 19.7 Å². The van der Waals surface area contributed by atoms with Gasteiger partial charge in [0.25, 0.3) is 0 Å². The van der Waals surface area contributed by atoms with Crippen molar-refractivity contribution < 1.29 is 14.4 Å². The van der Waals surface area contributed by atoms with Crippen molar-refractivity contribution in [3.63, 3.8) is 0 Å². The maximum absolute atomic E-state index is 12.8. The molecule has 7 heteroatoms. The second-order valence-electron chi connectivity index (χ2n) is 7.43. The van der Waals surface area contributed by atoms with Gasteiger partial charge in [0.15, 0.2) is 5.78 Å². The Balaban J connectivity index is 5.21. The minimum atomic E-state index is -1.12. The van der Waals surface area contributed by atoms with Crippen LogP contribution in [0.1, 0.15) is 55.4 Å². The lowest BCUT2D eigenvalue weighted by Crippen LogP contribution is -2.64. The Hall–Kier alpha value is -0.430. The van der Waals surface area contributed by atoms with E-state index in [0.717, 1.165) is 0 Å². The molecule has 0 radical (unpaired) electrons. The lowest BCUT2D eigenvalue weighted by Gasteiger charge is -2.36. The second kappa shape index (κ2) is 6.59. The molecule has 128 valence electrons. The Labute approximate surface area is 149 Å². The molecular formula is C15H26Br2N2O3. The molecule has 0 aliphatic rings. The van der Waals surface area contributed by atoms with E-state index >= 15 is 0 Å². The number of carbonyl (C=O) groups is 3. The van der Waals surface area contributed by atoms with Gasteiger partial charge in [0.2, 0.25) is 11.8 Å². The van der Waals surface area contributed by atoms with Crippen molar-refractivity contribution in [3.05, 3.63) is 0 Å². The van der Waals surface area contributed by atoms with Crippen LogP contribution in [0.3, 0.4) is 0 Å². The fourth-order valence-electron chi connectivity index (χ4n) is 1.76. The molecule has 0 aromatic carbocycles. The molecule has 0 aliphatic heterocycles. The molecule has 0 aromatic heterocycles. The molecule has 0 spiro atoms. The summed E-state index contributed by atoms with van der Waals surface area (Å²) in [5, 5.41) is 5.43. The van der Waals surface area contributed by atoms with Gasteiger partial charge in [0, 0.05) is 0 Å². The standard InChI is InChI=1S/C15H26Br2N2O3/c1-12(2,16)10(21)18-14(5,6)9(20)15(7,8)19-11(22)13(3,4)17/h1-8H3,(H,18,21)(H,19,22). The van der Waals surface area contributed by atoms with Crippen molar-refractivity contribution in [2.24, 2.45) is 0 Å². The lowest BCUT2D eigenvalue weighted by atomic mass is 9.84. The van der Waals surface area contributed by atoms with Crippen LogP contribution in [0.15, 0.2) is 0 Å². The summed E-state index contributed by atoms with van der Waals surface area (Å²) in [6.07, 6.45) is 0. The number of ketones is 1. The molecule has 0 fully saturated rings. The largest absolute Gasteiger partial charge is 0.343 e. The summed E-state index contributed by atoms with van der Waals surface area (Å²) in [6.45, 7) is 13.3. The molecule has 5 nitrogen and oxygen atoms in total. The van der Waals surface area contributed by atoms with Crippen LogP contribution in [-0.2, 0) is 14.4 Å². The Morgan fingerprint density at radius 1 is 0.636 bits per heavy atom. The lowest BCUT2D eigenvalue weighted by molar-refractivity contribution is -0.137. The van der Waals surface area contributed by atoms with E-state index in [9.17, 15) is 14.4 Å². The van der Waals surface area contributed by atoms with E-state index in [-0.39, 0.29) is 17.6 Å². The molecule has 0 aromatic rings. The van der Waals surface area contributed by atoms with Crippen LogP contribution in [0.4, 0.5) is 0 Å². The van der Waals surface area contributed by atoms with Gasteiger partial charge < -0.3 is 10.6 Å². The highest BCUT2D eigenvalue weighted by Crippen LogP contribution is 2.22. The number of carbonyl (C=O) groups excluding carboxylic acids is 3. The van der Waals surface area contributed by atoms with Crippen molar-refractivity contribution >= 4 is 49.5 Å². The fourth-order valence-corrected chi connectivity index (χ4v) is 1.96. The normalized spacial score (nSPS) is 13.5. The van der Waals surface area contributed by atoms with Crippen LogP contribution >= 0.6 is 31.9 Å². The van der Waals surface area contributed by atoms with Crippen LogP contribution in [0, 0.1) is 0 Å². The number of halogens is 2. The summed E-state index contributed by atoms with van der Waals surface area (Å²) in [5.74, 6) is -0.877. The highest BCUT2D eigenvalue weighted by Gasteiger charge is 2.43. The SMILES string of the molecule is CC(C)(Br)C(=O)NC(C)(C)C(=O)C(C)(C)NC(=O)C(C)(C)Br. The number of hydrogen-bond acceptors (Lipinski definition) is 3. The minimum Gasteiger partial charge on any atom is -0.343 e. The molecule has 2 amide bonds. The van der Waals surface area contributed by atoms with Crippen molar-refractivity contribution in [1.29, 1.82) is 0 Å². The van der Waals surface area contributed by atoms with Crippen molar-refractivity contribution in [3.8, 4) is 0 Å². The Bertz CT molecular complexity index is 430. The third-order valence-electron chi connectivity index (χ3n) is 3.07. The van der Waals surface area contributed by atoms with Gasteiger partial charge in [-0.25, -0.2) is 0 Å². The first-order chi connectivity index (χ1) is 9.41. The second-order valence-corrected chi connectivity index (χ2v) is 11.4. The zero-order chi connectivity index (χ0) is 18.1. The van der Waals surface area contributed by atoms with Gasteiger partial charge >= 0.3 is 0 Å². The van der Waals surface area contributed by atoms with Gasteiger partial charge in [-0.05, 0) is 55.4 Å². The smallest absolute Gasteiger partial charge is 0.237 e. The zero-order valence-electron chi connectivity index (χ0n) is 14.5. The third-order valence-corrected chi connectivity index (χ3v) is 3.79. The molecular weight excluding hydrogens is 416 g/mol. The number of nitrogens with one attached hydrogen (secondary N) is 2. The molecule has 22 heavy (non-hydrogen) atoms. The van der Waals surface area contributed by atoms with Gasteiger partial charge in [-0.15, -0.1) is 0 Å². The van der Waals surface area contributed by atoms with Crippen LogP contribution in [-0.4, -0.2) is 37.3 Å². The summed E-state index contributed by atoms with van der Waals surface area (Å²) in [5.41, 5.74) is -2.23. The Kier molecular flexibility index (Phi) is 6.46. The van der Waals surface area contributed by atoms with Gasteiger partial charge in [-0.2, -0.15) is 0 Å². The zero-order valence-corrected chi connectivity index (χ0v) is 17.7. The van der Waals surface area contributed by atoms with E-state index in [2.05, 4.69) is 42.5 Å². The average Bonchev–Trinajstić information content (AvgIpc) is 2.24. The number of Topliss-reactive ketones (excluding diaryl/α,β-unsaturated/α-hetero) is 1. The van der Waals surface area contributed by atoms with Gasteiger partial charge in [-0.3, -0.25) is 14.4 Å². The summed E-state index contributed by atoms with van der Waals surface area (Å²) < 4.78 is -1.56. The van der Waals surface area contributed by atoms with E-state index in [0.29, 0.717) is 0 Å². The quantitative estimate of drug-likeness (QED) is 0.622. The van der Waals surface area contributed by atoms with Crippen molar-refractivity contribution in [2.75, 3.05) is 0 Å². The Morgan fingerprint density at radius 3 is 1.05 bits per heavy atom. The maximum Gasteiger partial charge on any atom is 0.237 e. The van der Waals surface area contributed by atoms with Crippen LogP contribution in [0.2, 0.25) is 0 Å². The van der Waals surface area contributed by atoms with E-state index in [4.69, 9.17) is 0 Å². The van der Waals surface area contributed by atoms with Crippen LogP contribution in [0.5, 0.6) is 0 Å². The molecule has 2 N–H and O–H groups in total. The van der Waals surface area contributed by atoms with E-state index in [1.807, 2.05) is 0 Å². The minimum absolute atomic E-state index is 0.282. The monoisotopic (exact) mass is 440 g/mol. The van der Waals surface area contributed by atoms with Crippen LogP contribution < -0.4 is 10.6 Å². The highest BCUT2D eigenvalue weighted by atomic mass is 79.9. The summed E-state index contributed by atoms with van der Waals surface area (Å²) in [4.78, 5) is 36.9. The summed E-state index contributed by atoms with van der Waals surface area (Å²) in [6, 6.07) is 0. The molecule has 0 unspecified atom stereocenters. The third kappa shape index (κ3) is 5.99. The fraction of sp³-hybridized carbons (Fsp3) is 0.800. The molecule has 0 atom stereocenters. The average molecular weight is 442 g/mol. The molecule has 0 rings (SSSR count). The van der Waals surface area contributed by atoms with Crippen molar-refractivity contribution in [2.45, 2.75) is 75.1 Å². The predicted molar refractivity (Wildman–Crippen MR) is 95.5 cm³/mol. The van der Waals surface area contributed by atoms with E-state index in [1.165, 1.54) is 0 Å². The number of amides is 2. The number of hydrogen-bond donors (Lipinski definition) is 2. The first-order valence-electron chi connectivity index (χ1n) is 6.99. The topological polar surface area (TPSA) is 75.3 Å². The maximum atomic E-state index is 12.8. The molecule has 0 saturated carbocycles.